The average Bonchev–Trinajstić information content (AvgIpc) is 1.78. The fraction of sp³-hybridized carbons (Fsp3) is 0. The van der Waals surface area contributed by atoms with Crippen LogP contribution in [0.2, 0.25) is 0 Å². The van der Waals surface area contributed by atoms with Crippen molar-refractivity contribution in [2.75, 3.05) is 0 Å². The third-order valence-corrected chi connectivity index (χ3v) is 5.65. The Hall–Kier alpha value is 1.65. The predicted molar refractivity (Wildman–Crippen MR) is 77.6 cm³/mol. The molecule has 0 saturated heterocycles. The molecule has 0 heterocycles. The van der Waals surface area contributed by atoms with Crippen molar-refractivity contribution < 1.29 is 8.42 Å². The molecule has 2 nitrogen and oxygen atoms in total. The summed E-state index contributed by atoms with van der Waals surface area (Å²) >= 11 is 6.06. The highest BCUT2D eigenvalue weighted by Gasteiger charge is 2.18. The van der Waals surface area contributed by atoms with Crippen molar-refractivity contribution in [2.45, 2.75) is 4.90 Å². The first-order valence-corrected chi connectivity index (χ1v) is 8.46. The Bertz CT molecular complexity index is 420. The first kappa shape index (κ1) is 12.7. The van der Waals surface area contributed by atoms with E-state index < -0.39 is 9.05 Å². The monoisotopic (exact) mass is 554 g/mol. The maximum Gasteiger partial charge on any atom is 0.263 e. The largest absolute Gasteiger partial charge is 0.263 e. The van der Waals surface area contributed by atoms with Crippen LogP contribution in [-0.2, 0) is 9.05 Å². The summed E-state index contributed by atoms with van der Waals surface area (Å²) in [6, 6.07) is 3.55. The van der Waals surface area contributed by atoms with Crippen molar-refractivity contribution in [3.8, 4) is 0 Å². The summed E-state index contributed by atoms with van der Waals surface area (Å²) in [6.45, 7) is 0. The zero-order valence-corrected chi connectivity index (χ0v) is 13.9. The van der Waals surface area contributed by atoms with E-state index in [4.69, 9.17) is 10.7 Å². The van der Waals surface area contributed by atoms with Crippen molar-refractivity contribution in [1.29, 1.82) is 0 Å². The number of benzene rings is 1. The van der Waals surface area contributed by atoms with E-state index in [1.807, 2.05) is 45.2 Å². The Morgan fingerprint density at radius 2 is 1.46 bits per heavy atom. The number of halogens is 4. The van der Waals surface area contributed by atoms with Crippen LogP contribution in [0.15, 0.2) is 17.0 Å². The minimum atomic E-state index is -3.63. The van der Waals surface area contributed by atoms with Gasteiger partial charge in [0.05, 0.1) is 0 Å². The normalized spacial score (nSPS) is 11.7. The van der Waals surface area contributed by atoms with Crippen LogP contribution in [0.4, 0.5) is 0 Å². The molecular formula is C6H2ClI3O2S. The highest BCUT2D eigenvalue weighted by atomic mass is 127. The van der Waals surface area contributed by atoms with Gasteiger partial charge >= 0.3 is 0 Å². The Morgan fingerprint density at radius 1 is 1.08 bits per heavy atom. The van der Waals surface area contributed by atoms with Gasteiger partial charge in [0.2, 0.25) is 0 Å². The molecule has 0 fully saturated rings. The summed E-state index contributed by atoms with van der Waals surface area (Å²) in [6.07, 6.45) is 0. The lowest BCUT2D eigenvalue weighted by Gasteiger charge is -2.03. The van der Waals surface area contributed by atoms with Crippen molar-refractivity contribution >= 4 is 87.5 Å². The van der Waals surface area contributed by atoms with Gasteiger partial charge in [-0.2, -0.15) is 0 Å². The van der Waals surface area contributed by atoms with Crippen molar-refractivity contribution in [3.05, 3.63) is 22.8 Å². The molecule has 0 aliphatic carbocycles. The molecule has 0 bridgehead atoms. The van der Waals surface area contributed by atoms with E-state index in [2.05, 4.69) is 22.6 Å². The Labute approximate surface area is 122 Å². The Balaban J connectivity index is 3.57. The molecule has 1 rings (SSSR count). The minimum Gasteiger partial charge on any atom is -0.207 e. The second-order valence-electron chi connectivity index (χ2n) is 2.14. The van der Waals surface area contributed by atoms with Gasteiger partial charge in [-0.05, 0) is 79.9 Å². The molecule has 7 heteroatoms. The highest BCUT2D eigenvalue weighted by molar-refractivity contribution is 14.1. The maximum absolute atomic E-state index is 11.1. The maximum atomic E-state index is 11.1. The molecule has 0 aliphatic rings. The third kappa shape index (κ3) is 3.31. The first-order chi connectivity index (χ1) is 5.82. The molecule has 0 radical (unpaired) electrons. The van der Waals surface area contributed by atoms with Gasteiger partial charge in [0, 0.05) is 21.4 Å². The van der Waals surface area contributed by atoms with Crippen LogP contribution >= 0.6 is 78.5 Å². The van der Waals surface area contributed by atoms with Crippen LogP contribution < -0.4 is 0 Å². The summed E-state index contributed by atoms with van der Waals surface area (Å²) in [5, 5.41) is 0. The van der Waals surface area contributed by atoms with E-state index in [0.717, 1.165) is 3.57 Å². The first-order valence-electron chi connectivity index (χ1n) is 2.91. The number of hydrogen-bond donors (Lipinski definition) is 0. The second kappa shape index (κ2) is 4.66. The van der Waals surface area contributed by atoms with E-state index in [0.29, 0.717) is 7.14 Å². The van der Waals surface area contributed by atoms with E-state index >= 15 is 0 Å². The molecule has 13 heavy (non-hydrogen) atoms. The quantitative estimate of drug-likeness (QED) is 0.394. The van der Waals surface area contributed by atoms with E-state index in [1.54, 1.807) is 12.1 Å². The van der Waals surface area contributed by atoms with Gasteiger partial charge in [0.25, 0.3) is 9.05 Å². The average molecular weight is 554 g/mol. The lowest BCUT2D eigenvalue weighted by molar-refractivity contribution is 0.608. The smallest absolute Gasteiger partial charge is 0.207 e. The topological polar surface area (TPSA) is 34.1 Å². The molecule has 72 valence electrons. The van der Waals surface area contributed by atoms with Gasteiger partial charge in [-0.25, -0.2) is 8.42 Å². The molecule has 1 aromatic rings. The van der Waals surface area contributed by atoms with Gasteiger partial charge < -0.3 is 0 Å². The molecule has 0 spiro atoms. The van der Waals surface area contributed by atoms with Crippen LogP contribution in [0.3, 0.4) is 0 Å². The summed E-state index contributed by atoms with van der Waals surface area (Å²) in [7, 11) is 1.65. The van der Waals surface area contributed by atoms with Crippen LogP contribution in [0.5, 0.6) is 0 Å². The van der Waals surface area contributed by atoms with E-state index in [9.17, 15) is 8.42 Å². The number of rotatable bonds is 1. The van der Waals surface area contributed by atoms with Gasteiger partial charge in [-0.3, -0.25) is 0 Å². The Morgan fingerprint density at radius 3 is 1.77 bits per heavy atom. The van der Waals surface area contributed by atoms with Crippen LogP contribution in [0, 0.1) is 10.7 Å². The van der Waals surface area contributed by atoms with Crippen LogP contribution in [0.1, 0.15) is 0 Å². The molecule has 0 amide bonds. The molecule has 0 aliphatic heterocycles. The molecular weight excluding hydrogens is 552 g/mol. The summed E-state index contributed by atoms with van der Waals surface area (Å²) in [4.78, 5) is 0.204. The summed E-state index contributed by atoms with van der Waals surface area (Å²) in [5.41, 5.74) is 0. The molecule has 0 N–H and O–H groups in total. The third-order valence-electron chi connectivity index (χ3n) is 1.21. The van der Waals surface area contributed by atoms with Crippen LogP contribution in [-0.4, -0.2) is 8.42 Å². The van der Waals surface area contributed by atoms with E-state index in [1.165, 1.54) is 0 Å². The predicted octanol–water partition coefficient (Wildman–Crippen LogP) is 3.43. The Kier molecular flexibility index (Phi) is 4.56. The highest BCUT2D eigenvalue weighted by Crippen LogP contribution is 2.28. The SMILES string of the molecule is O=S(=O)(Cl)c1c(I)cc(I)cc1I. The molecule has 0 unspecified atom stereocenters. The summed E-state index contributed by atoms with van der Waals surface area (Å²) < 4.78 is 24.6. The lowest BCUT2D eigenvalue weighted by Crippen LogP contribution is -1.98. The summed E-state index contributed by atoms with van der Waals surface area (Å²) in [5.74, 6) is 0. The standard InChI is InChI=1S/C6H2ClI3O2S/c7-13(11,12)6-4(9)1-3(8)2-5(6)10/h1-2H. The van der Waals surface area contributed by atoms with Gasteiger partial charge in [-0.15, -0.1) is 0 Å². The zero-order valence-electron chi connectivity index (χ0n) is 5.89. The molecule has 0 atom stereocenters. The van der Waals surface area contributed by atoms with Crippen molar-refractivity contribution in [2.24, 2.45) is 0 Å². The fourth-order valence-corrected chi connectivity index (χ4v) is 7.95. The van der Waals surface area contributed by atoms with Gasteiger partial charge in [0.1, 0.15) is 4.90 Å². The van der Waals surface area contributed by atoms with Crippen LogP contribution in [0.25, 0.3) is 0 Å². The molecule has 0 aromatic heterocycles. The number of hydrogen-bond acceptors (Lipinski definition) is 2. The van der Waals surface area contributed by atoms with Gasteiger partial charge in [-0.1, -0.05) is 0 Å². The fourth-order valence-electron chi connectivity index (χ4n) is 0.762. The van der Waals surface area contributed by atoms with Crippen molar-refractivity contribution in [1.82, 2.24) is 0 Å². The van der Waals surface area contributed by atoms with Crippen molar-refractivity contribution in [3.63, 3.8) is 0 Å². The zero-order chi connectivity index (χ0) is 10.2. The minimum absolute atomic E-state index is 0.204. The van der Waals surface area contributed by atoms with E-state index in [-0.39, 0.29) is 4.90 Å². The van der Waals surface area contributed by atoms with Gasteiger partial charge in [0.15, 0.2) is 0 Å². The lowest BCUT2D eigenvalue weighted by atomic mass is 10.4. The molecule has 0 saturated carbocycles. The molecule has 1 aromatic carbocycles. The second-order valence-corrected chi connectivity index (χ2v) is 8.21.